The summed E-state index contributed by atoms with van der Waals surface area (Å²) in [4.78, 5) is 12.4. The molecule has 2 rings (SSSR count). The molecule has 1 amide bonds. The van der Waals surface area contributed by atoms with E-state index in [1.165, 1.54) is 0 Å². The number of amides is 1. The molecule has 5 heteroatoms. The zero-order chi connectivity index (χ0) is 18.9. The second kappa shape index (κ2) is 9.70. The highest BCUT2D eigenvalue weighted by molar-refractivity contribution is 5.81. The molecule has 0 fully saturated rings. The predicted molar refractivity (Wildman–Crippen MR) is 102 cm³/mol. The van der Waals surface area contributed by atoms with Crippen LogP contribution in [0.5, 0.6) is 17.2 Å². The molecule has 0 saturated heterocycles. The summed E-state index contributed by atoms with van der Waals surface area (Å²) >= 11 is 0. The lowest BCUT2D eigenvalue weighted by atomic mass is 10.1. The molecule has 0 bridgehead atoms. The van der Waals surface area contributed by atoms with Crippen LogP contribution in [0.25, 0.3) is 0 Å². The third-order valence-electron chi connectivity index (χ3n) is 3.87. The number of carbonyl (C=O) groups excluding carboxylic acids is 1. The molecule has 140 valence electrons. The maximum atomic E-state index is 12.4. The summed E-state index contributed by atoms with van der Waals surface area (Å²) in [5.74, 6) is 1.82. The van der Waals surface area contributed by atoms with Crippen LogP contribution < -0.4 is 19.5 Å². The third-order valence-corrected chi connectivity index (χ3v) is 3.87. The third kappa shape index (κ3) is 5.69. The second-order valence-corrected chi connectivity index (χ2v) is 6.13. The van der Waals surface area contributed by atoms with Crippen molar-refractivity contribution in [1.29, 1.82) is 0 Å². The van der Waals surface area contributed by atoms with Gasteiger partial charge in [0, 0.05) is 0 Å². The molecule has 0 unspecified atom stereocenters. The van der Waals surface area contributed by atoms with Gasteiger partial charge in [0.15, 0.2) is 17.6 Å². The van der Waals surface area contributed by atoms with Gasteiger partial charge in [0.2, 0.25) is 0 Å². The van der Waals surface area contributed by atoms with Crippen LogP contribution in [0.3, 0.4) is 0 Å². The van der Waals surface area contributed by atoms with Crippen molar-refractivity contribution in [3.05, 3.63) is 53.6 Å². The summed E-state index contributed by atoms with van der Waals surface area (Å²) in [5, 5.41) is 2.86. The Morgan fingerprint density at radius 3 is 2.35 bits per heavy atom. The first-order valence-corrected chi connectivity index (χ1v) is 8.82. The minimum atomic E-state index is -0.576. The molecule has 0 spiro atoms. The number of nitrogens with one attached hydrogen (secondary N) is 1. The number of para-hydroxylation sites is 2. The van der Waals surface area contributed by atoms with Crippen molar-refractivity contribution >= 4 is 5.91 Å². The van der Waals surface area contributed by atoms with E-state index in [1.54, 1.807) is 19.2 Å². The quantitative estimate of drug-likeness (QED) is 0.696. The number of methoxy groups -OCH3 is 1. The van der Waals surface area contributed by atoms with Crippen molar-refractivity contribution in [1.82, 2.24) is 5.32 Å². The average molecular weight is 357 g/mol. The highest BCUT2D eigenvalue weighted by Gasteiger charge is 2.19. The van der Waals surface area contributed by atoms with Crippen molar-refractivity contribution in [2.24, 2.45) is 0 Å². The second-order valence-electron chi connectivity index (χ2n) is 6.13. The number of hydrogen-bond donors (Lipinski definition) is 1. The Bertz CT molecular complexity index is 709. The molecule has 5 nitrogen and oxygen atoms in total. The Kier molecular flexibility index (Phi) is 7.33. The lowest BCUT2D eigenvalue weighted by molar-refractivity contribution is -0.128. The maximum Gasteiger partial charge on any atom is 0.261 e. The fourth-order valence-electron chi connectivity index (χ4n) is 2.66. The zero-order valence-corrected chi connectivity index (χ0v) is 15.9. The van der Waals surface area contributed by atoms with Gasteiger partial charge in [-0.15, -0.1) is 0 Å². The number of hydrogen-bond acceptors (Lipinski definition) is 4. The highest BCUT2D eigenvalue weighted by atomic mass is 16.5. The molecule has 0 aliphatic carbocycles. The predicted octanol–water partition coefficient (Wildman–Crippen LogP) is 3.66. The van der Waals surface area contributed by atoms with Crippen LogP contribution in [-0.4, -0.2) is 32.3 Å². The minimum absolute atomic E-state index is 0.164. The van der Waals surface area contributed by atoms with Crippen molar-refractivity contribution in [3.63, 3.8) is 0 Å². The van der Waals surface area contributed by atoms with Gasteiger partial charge >= 0.3 is 0 Å². The summed E-state index contributed by atoms with van der Waals surface area (Å²) in [7, 11) is 1.58. The van der Waals surface area contributed by atoms with E-state index < -0.39 is 6.10 Å². The monoisotopic (exact) mass is 357 g/mol. The first-order valence-electron chi connectivity index (χ1n) is 8.82. The van der Waals surface area contributed by atoms with E-state index in [-0.39, 0.29) is 5.91 Å². The van der Waals surface area contributed by atoms with Crippen LogP contribution in [0.15, 0.2) is 42.5 Å². The van der Waals surface area contributed by atoms with Gasteiger partial charge in [0.25, 0.3) is 5.91 Å². The zero-order valence-electron chi connectivity index (χ0n) is 15.9. The van der Waals surface area contributed by atoms with E-state index in [4.69, 9.17) is 14.2 Å². The Morgan fingerprint density at radius 1 is 1.08 bits per heavy atom. The molecule has 2 aromatic carbocycles. The van der Waals surface area contributed by atoms with Crippen LogP contribution in [-0.2, 0) is 4.79 Å². The Hall–Kier alpha value is -2.69. The standard InChI is InChI=1S/C21H27NO4/c1-5-18(26-20-9-7-6-8-19(20)24-4)21(23)22-10-11-25-17-13-15(2)12-16(3)14-17/h6-9,12-14,18H,5,10-11H2,1-4H3,(H,22,23)/t18-/m0/s1. The van der Waals surface area contributed by atoms with Gasteiger partial charge < -0.3 is 19.5 Å². The van der Waals surface area contributed by atoms with Crippen LogP contribution in [0.2, 0.25) is 0 Å². The van der Waals surface area contributed by atoms with E-state index in [1.807, 2.05) is 45.0 Å². The van der Waals surface area contributed by atoms with E-state index in [9.17, 15) is 4.79 Å². The Morgan fingerprint density at radius 2 is 1.73 bits per heavy atom. The molecule has 1 atom stereocenters. The average Bonchev–Trinajstić information content (AvgIpc) is 2.62. The first kappa shape index (κ1) is 19.6. The molecule has 1 N–H and O–H groups in total. The van der Waals surface area contributed by atoms with E-state index in [0.29, 0.717) is 31.1 Å². The molecule has 0 aromatic heterocycles. The van der Waals surface area contributed by atoms with Crippen LogP contribution >= 0.6 is 0 Å². The van der Waals surface area contributed by atoms with Gasteiger partial charge in [-0.05, 0) is 55.7 Å². The van der Waals surface area contributed by atoms with Crippen molar-refractivity contribution in [3.8, 4) is 17.2 Å². The molecule has 0 aliphatic rings. The smallest absolute Gasteiger partial charge is 0.261 e. The molecule has 0 heterocycles. The lowest BCUT2D eigenvalue weighted by Gasteiger charge is -2.19. The summed E-state index contributed by atoms with van der Waals surface area (Å²) in [5.41, 5.74) is 2.31. The number of rotatable bonds is 9. The first-order chi connectivity index (χ1) is 12.5. The molecular formula is C21H27NO4. The fraction of sp³-hybridized carbons (Fsp3) is 0.381. The van der Waals surface area contributed by atoms with Crippen molar-refractivity contribution in [2.75, 3.05) is 20.3 Å². The van der Waals surface area contributed by atoms with Gasteiger partial charge in [-0.3, -0.25) is 4.79 Å². The topological polar surface area (TPSA) is 56.8 Å². The Balaban J connectivity index is 1.83. The van der Waals surface area contributed by atoms with Gasteiger partial charge in [-0.2, -0.15) is 0 Å². The molecule has 0 aliphatic heterocycles. The Labute approximate surface area is 155 Å². The normalized spacial score (nSPS) is 11.5. The van der Waals surface area contributed by atoms with Crippen LogP contribution in [0.4, 0.5) is 0 Å². The number of benzene rings is 2. The number of carbonyl (C=O) groups is 1. The van der Waals surface area contributed by atoms with Gasteiger partial charge in [0.05, 0.1) is 13.7 Å². The summed E-state index contributed by atoms with van der Waals surface area (Å²) in [6.45, 7) is 6.79. The van der Waals surface area contributed by atoms with Crippen LogP contribution in [0, 0.1) is 13.8 Å². The van der Waals surface area contributed by atoms with Gasteiger partial charge in [0.1, 0.15) is 12.4 Å². The fourth-order valence-corrected chi connectivity index (χ4v) is 2.66. The molecule has 0 saturated carbocycles. The minimum Gasteiger partial charge on any atom is -0.493 e. The number of aryl methyl sites for hydroxylation is 2. The highest BCUT2D eigenvalue weighted by Crippen LogP contribution is 2.27. The van der Waals surface area contributed by atoms with E-state index in [0.717, 1.165) is 16.9 Å². The van der Waals surface area contributed by atoms with Gasteiger partial charge in [-0.25, -0.2) is 0 Å². The van der Waals surface area contributed by atoms with Gasteiger partial charge in [-0.1, -0.05) is 25.1 Å². The largest absolute Gasteiger partial charge is 0.493 e. The molecule has 2 aromatic rings. The summed E-state index contributed by atoms with van der Waals surface area (Å²) in [6.07, 6.45) is -0.0190. The molecule has 0 radical (unpaired) electrons. The van der Waals surface area contributed by atoms with Crippen molar-refractivity contribution in [2.45, 2.75) is 33.3 Å². The molecule has 26 heavy (non-hydrogen) atoms. The van der Waals surface area contributed by atoms with Crippen LogP contribution in [0.1, 0.15) is 24.5 Å². The summed E-state index contributed by atoms with van der Waals surface area (Å²) in [6, 6.07) is 13.4. The van der Waals surface area contributed by atoms with E-state index in [2.05, 4.69) is 11.4 Å². The summed E-state index contributed by atoms with van der Waals surface area (Å²) < 4.78 is 16.8. The lowest BCUT2D eigenvalue weighted by Crippen LogP contribution is -2.39. The molecular weight excluding hydrogens is 330 g/mol. The van der Waals surface area contributed by atoms with E-state index >= 15 is 0 Å². The van der Waals surface area contributed by atoms with Crippen molar-refractivity contribution < 1.29 is 19.0 Å². The SMILES string of the molecule is CC[C@H](Oc1ccccc1OC)C(=O)NCCOc1cc(C)cc(C)c1. The number of ether oxygens (including phenoxy) is 3. The maximum absolute atomic E-state index is 12.4.